The minimum atomic E-state index is -0.504. The van der Waals surface area contributed by atoms with Gasteiger partial charge in [-0.3, -0.25) is 0 Å². The summed E-state index contributed by atoms with van der Waals surface area (Å²) >= 11 is 5.90. The molecular weight excluding hydrogens is 286 g/mol. The SMILES string of the molecule is CC1CCC(NCC(O)COc2cccc(Cl)c2)C(C)C1. The summed E-state index contributed by atoms with van der Waals surface area (Å²) in [4.78, 5) is 0. The summed E-state index contributed by atoms with van der Waals surface area (Å²) in [6.07, 6.45) is 3.24. The molecule has 4 unspecified atom stereocenters. The second-order valence-electron chi connectivity index (χ2n) is 6.33. The Hall–Kier alpha value is -0.770. The summed E-state index contributed by atoms with van der Waals surface area (Å²) in [5.74, 6) is 2.20. The van der Waals surface area contributed by atoms with Gasteiger partial charge in [0.15, 0.2) is 0 Å². The standard InChI is InChI=1S/C17H26ClNO2/c1-12-6-7-17(13(2)8-12)19-10-15(20)11-21-16-5-3-4-14(18)9-16/h3-5,9,12-13,15,17,19-20H,6-8,10-11H2,1-2H3. The van der Waals surface area contributed by atoms with Gasteiger partial charge in [0.1, 0.15) is 18.5 Å². The zero-order valence-electron chi connectivity index (χ0n) is 12.9. The molecule has 0 aliphatic heterocycles. The van der Waals surface area contributed by atoms with E-state index in [-0.39, 0.29) is 6.61 Å². The Morgan fingerprint density at radius 1 is 1.38 bits per heavy atom. The molecule has 0 heterocycles. The van der Waals surface area contributed by atoms with E-state index in [1.165, 1.54) is 19.3 Å². The third-order valence-corrected chi connectivity index (χ3v) is 4.52. The molecule has 0 radical (unpaired) electrons. The monoisotopic (exact) mass is 311 g/mol. The van der Waals surface area contributed by atoms with Crippen molar-refractivity contribution in [2.24, 2.45) is 11.8 Å². The van der Waals surface area contributed by atoms with Crippen LogP contribution in [0.25, 0.3) is 0 Å². The highest BCUT2D eigenvalue weighted by molar-refractivity contribution is 6.30. The van der Waals surface area contributed by atoms with Crippen LogP contribution in [0.4, 0.5) is 0 Å². The Bertz CT molecular complexity index is 441. The molecule has 1 saturated carbocycles. The van der Waals surface area contributed by atoms with Gasteiger partial charge in [-0.1, -0.05) is 31.5 Å². The molecule has 21 heavy (non-hydrogen) atoms. The van der Waals surface area contributed by atoms with Gasteiger partial charge in [-0.05, 0) is 49.3 Å². The molecule has 1 aromatic rings. The molecule has 4 atom stereocenters. The molecule has 0 amide bonds. The van der Waals surface area contributed by atoms with E-state index in [0.717, 1.165) is 5.92 Å². The Morgan fingerprint density at radius 2 is 2.19 bits per heavy atom. The number of ether oxygens (including phenoxy) is 1. The van der Waals surface area contributed by atoms with Crippen molar-refractivity contribution in [1.82, 2.24) is 5.32 Å². The van der Waals surface area contributed by atoms with Gasteiger partial charge in [-0.25, -0.2) is 0 Å². The maximum Gasteiger partial charge on any atom is 0.120 e. The third-order valence-electron chi connectivity index (χ3n) is 4.29. The lowest BCUT2D eigenvalue weighted by Crippen LogP contribution is -2.43. The molecule has 0 spiro atoms. The lowest BCUT2D eigenvalue weighted by molar-refractivity contribution is 0.0965. The van der Waals surface area contributed by atoms with E-state index in [4.69, 9.17) is 16.3 Å². The Morgan fingerprint density at radius 3 is 2.90 bits per heavy atom. The number of halogens is 1. The number of hydrogen-bond acceptors (Lipinski definition) is 3. The number of aliphatic hydroxyl groups is 1. The first-order valence-corrected chi connectivity index (χ1v) is 8.22. The van der Waals surface area contributed by atoms with Crippen molar-refractivity contribution in [2.75, 3.05) is 13.2 Å². The first-order valence-electron chi connectivity index (χ1n) is 7.84. The second-order valence-corrected chi connectivity index (χ2v) is 6.77. The zero-order chi connectivity index (χ0) is 15.2. The van der Waals surface area contributed by atoms with Gasteiger partial charge in [0, 0.05) is 17.6 Å². The molecule has 1 aliphatic rings. The van der Waals surface area contributed by atoms with Crippen LogP contribution in [-0.4, -0.2) is 30.4 Å². The fourth-order valence-electron chi connectivity index (χ4n) is 3.06. The smallest absolute Gasteiger partial charge is 0.120 e. The summed E-state index contributed by atoms with van der Waals surface area (Å²) in [5.41, 5.74) is 0. The molecule has 0 bridgehead atoms. The highest BCUT2D eigenvalue weighted by Gasteiger charge is 2.25. The number of nitrogens with one attached hydrogen (secondary N) is 1. The molecule has 4 heteroatoms. The fraction of sp³-hybridized carbons (Fsp3) is 0.647. The maximum atomic E-state index is 10.0. The van der Waals surface area contributed by atoms with Crippen molar-refractivity contribution in [3.63, 3.8) is 0 Å². The van der Waals surface area contributed by atoms with Crippen LogP contribution in [0.2, 0.25) is 5.02 Å². The van der Waals surface area contributed by atoms with E-state index >= 15 is 0 Å². The van der Waals surface area contributed by atoms with E-state index in [0.29, 0.717) is 29.3 Å². The molecule has 1 aliphatic carbocycles. The lowest BCUT2D eigenvalue weighted by atomic mass is 9.80. The van der Waals surface area contributed by atoms with Crippen LogP contribution >= 0.6 is 11.6 Å². The quantitative estimate of drug-likeness (QED) is 0.845. The van der Waals surface area contributed by atoms with Gasteiger partial charge in [-0.15, -0.1) is 0 Å². The number of hydrogen-bond donors (Lipinski definition) is 2. The molecule has 0 saturated heterocycles. The summed E-state index contributed by atoms with van der Waals surface area (Å²) in [5, 5.41) is 14.2. The summed E-state index contributed by atoms with van der Waals surface area (Å²) in [6.45, 7) is 5.47. The maximum absolute atomic E-state index is 10.0. The van der Waals surface area contributed by atoms with Crippen molar-refractivity contribution >= 4 is 11.6 Å². The largest absolute Gasteiger partial charge is 0.491 e. The van der Waals surface area contributed by atoms with Crippen molar-refractivity contribution in [2.45, 2.75) is 45.3 Å². The van der Waals surface area contributed by atoms with Crippen LogP contribution in [-0.2, 0) is 0 Å². The second kappa shape index (κ2) is 8.02. The lowest BCUT2D eigenvalue weighted by Gasteiger charge is -2.33. The zero-order valence-corrected chi connectivity index (χ0v) is 13.6. The van der Waals surface area contributed by atoms with E-state index in [9.17, 15) is 5.11 Å². The van der Waals surface area contributed by atoms with Crippen LogP contribution in [0, 0.1) is 11.8 Å². The number of rotatable bonds is 6. The van der Waals surface area contributed by atoms with E-state index < -0.39 is 6.10 Å². The Kier molecular flexibility index (Phi) is 6.34. The summed E-state index contributed by atoms with van der Waals surface area (Å²) in [7, 11) is 0. The van der Waals surface area contributed by atoms with Gasteiger partial charge in [0.25, 0.3) is 0 Å². The molecule has 0 aromatic heterocycles. The van der Waals surface area contributed by atoms with Gasteiger partial charge in [-0.2, -0.15) is 0 Å². The molecular formula is C17H26ClNO2. The van der Waals surface area contributed by atoms with Crippen LogP contribution in [0.5, 0.6) is 5.75 Å². The van der Waals surface area contributed by atoms with Crippen LogP contribution in [0.1, 0.15) is 33.1 Å². The third kappa shape index (κ3) is 5.50. The van der Waals surface area contributed by atoms with Gasteiger partial charge < -0.3 is 15.2 Å². The molecule has 2 N–H and O–H groups in total. The predicted octanol–water partition coefficient (Wildman–Crippen LogP) is 3.49. The Balaban J connectivity index is 1.69. The minimum Gasteiger partial charge on any atom is -0.491 e. The first kappa shape index (κ1) is 16.6. The molecule has 3 nitrogen and oxygen atoms in total. The fourth-order valence-corrected chi connectivity index (χ4v) is 3.24. The molecule has 1 aromatic carbocycles. The summed E-state index contributed by atoms with van der Waals surface area (Å²) in [6, 6.07) is 7.76. The number of benzene rings is 1. The average molecular weight is 312 g/mol. The summed E-state index contributed by atoms with van der Waals surface area (Å²) < 4.78 is 5.56. The Labute approximate surface area is 132 Å². The number of aliphatic hydroxyl groups excluding tert-OH is 1. The topological polar surface area (TPSA) is 41.5 Å². The molecule has 2 rings (SSSR count). The van der Waals surface area contributed by atoms with Crippen molar-refractivity contribution in [3.05, 3.63) is 29.3 Å². The molecule has 118 valence electrons. The van der Waals surface area contributed by atoms with Crippen molar-refractivity contribution in [1.29, 1.82) is 0 Å². The van der Waals surface area contributed by atoms with Gasteiger partial charge in [0.05, 0.1) is 0 Å². The first-order chi connectivity index (χ1) is 10.0. The highest BCUT2D eigenvalue weighted by Crippen LogP contribution is 2.28. The molecule has 1 fully saturated rings. The van der Waals surface area contributed by atoms with Crippen molar-refractivity contribution in [3.8, 4) is 5.75 Å². The average Bonchev–Trinajstić information content (AvgIpc) is 2.44. The van der Waals surface area contributed by atoms with Crippen LogP contribution in [0.3, 0.4) is 0 Å². The van der Waals surface area contributed by atoms with Gasteiger partial charge >= 0.3 is 0 Å². The van der Waals surface area contributed by atoms with E-state index in [2.05, 4.69) is 19.2 Å². The minimum absolute atomic E-state index is 0.283. The predicted molar refractivity (Wildman–Crippen MR) is 86.9 cm³/mol. The van der Waals surface area contributed by atoms with Crippen molar-refractivity contribution < 1.29 is 9.84 Å². The van der Waals surface area contributed by atoms with Gasteiger partial charge in [0.2, 0.25) is 0 Å². The van der Waals surface area contributed by atoms with Crippen LogP contribution < -0.4 is 10.1 Å². The van der Waals surface area contributed by atoms with E-state index in [1.54, 1.807) is 12.1 Å². The van der Waals surface area contributed by atoms with Crippen LogP contribution in [0.15, 0.2) is 24.3 Å². The normalized spacial score (nSPS) is 27.3. The highest BCUT2D eigenvalue weighted by atomic mass is 35.5. The van der Waals surface area contributed by atoms with E-state index in [1.807, 2.05) is 12.1 Å².